The van der Waals surface area contributed by atoms with Gasteiger partial charge in [0.2, 0.25) is 0 Å². The number of sulfone groups is 1. The number of ether oxygens (including phenoxy) is 1. The van der Waals surface area contributed by atoms with Gasteiger partial charge < -0.3 is 15.0 Å². The van der Waals surface area contributed by atoms with Crippen molar-refractivity contribution in [3.8, 4) is 0 Å². The molecule has 0 aromatic carbocycles. The molecule has 2 N–H and O–H groups in total. The Labute approximate surface area is 154 Å². The van der Waals surface area contributed by atoms with Crippen molar-refractivity contribution < 1.29 is 22.7 Å². The van der Waals surface area contributed by atoms with Crippen LogP contribution in [-0.4, -0.2) is 75.0 Å². The van der Waals surface area contributed by atoms with Gasteiger partial charge in [0.05, 0.1) is 24.2 Å². The lowest BCUT2D eigenvalue weighted by Crippen LogP contribution is -2.44. The molecule has 0 unspecified atom stereocenters. The fourth-order valence-electron chi connectivity index (χ4n) is 3.14. The summed E-state index contributed by atoms with van der Waals surface area (Å²) in [5.74, 6) is -0.382. The number of hydrogen-bond donors (Lipinski definition) is 2. The molecule has 0 spiro atoms. The molecule has 1 fully saturated rings. The summed E-state index contributed by atoms with van der Waals surface area (Å²) in [6.45, 7) is 5.72. The van der Waals surface area contributed by atoms with E-state index in [0.717, 1.165) is 6.42 Å². The quantitative estimate of drug-likeness (QED) is 0.663. The fourth-order valence-corrected chi connectivity index (χ4v) is 4.42. The zero-order valence-corrected chi connectivity index (χ0v) is 16.4. The summed E-state index contributed by atoms with van der Waals surface area (Å²) < 4.78 is 27.7. The summed E-state index contributed by atoms with van der Waals surface area (Å²) in [4.78, 5) is 29.6. The van der Waals surface area contributed by atoms with E-state index in [2.05, 4.69) is 10.3 Å². The van der Waals surface area contributed by atoms with Crippen LogP contribution in [0.1, 0.15) is 45.4 Å². The Hall–Kier alpha value is -1.87. The van der Waals surface area contributed by atoms with Crippen molar-refractivity contribution in [2.75, 3.05) is 44.8 Å². The smallest absolute Gasteiger partial charge is 0.339 e. The Morgan fingerprint density at radius 1 is 1.27 bits per heavy atom. The maximum absolute atomic E-state index is 12.6. The number of nitrogens with zero attached hydrogens (tertiary/aromatic N) is 1. The van der Waals surface area contributed by atoms with Gasteiger partial charge in [-0.25, -0.2) is 13.2 Å². The van der Waals surface area contributed by atoms with Crippen LogP contribution in [0, 0.1) is 6.92 Å². The predicted octanol–water partition coefficient (Wildman–Crippen LogP) is 0.522. The molecule has 8 nitrogen and oxygen atoms in total. The summed E-state index contributed by atoms with van der Waals surface area (Å²) in [6, 6.07) is 0. The molecule has 0 radical (unpaired) electrons. The van der Waals surface area contributed by atoms with E-state index in [9.17, 15) is 18.0 Å². The second kappa shape index (κ2) is 8.68. The first-order chi connectivity index (χ1) is 12.3. The number of rotatable bonds is 7. The summed E-state index contributed by atoms with van der Waals surface area (Å²) in [7, 11) is -1.58. The number of amides is 1. The molecule has 1 saturated heterocycles. The Morgan fingerprint density at radius 3 is 2.50 bits per heavy atom. The number of aromatic amines is 1. The first-order valence-corrected chi connectivity index (χ1v) is 10.6. The molecule has 146 valence electrons. The molecule has 2 rings (SSSR count). The number of carbonyl (C=O) groups is 2. The molecule has 0 saturated carbocycles. The molecule has 1 aliphatic heterocycles. The van der Waals surface area contributed by atoms with E-state index >= 15 is 0 Å². The average Bonchev–Trinajstić information content (AvgIpc) is 2.92. The zero-order chi connectivity index (χ0) is 19.3. The van der Waals surface area contributed by atoms with Crippen LogP contribution >= 0.6 is 0 Å². The molecule has 9 heteroatoms. The molecular formula is C17H27N3O5S. The highest BCUT2D eigenvalue weighted by atomic mass is 32.2. The summed E-state index contributed by atoms with van der Waals surface area (Å²) in [5.41, 5.74) is 2.12. The van der Waals surface area contributed by atoms with Gasteiger partial charge in [0.25, 0.3) is 5.91 Å². The highest BCUT2D eigenvalue weighted by Gasteiger charge is 2.25. The number of carbonyl (C=O) groups excluding carboxylic acids is 2. The lowest BCUT2D eigenvalue weighted by atomic mass is 10.0. The summed E-state index contributed by atoms with van der Waals surface area (Å²) in [5, 5.41) is 2.85. The van der Waals surface area contributed by atoms with Gasteiger partial charge in [0, 0.05) is 31.9 Å². The van der Waals surface area contributed by atoms with Gasteiger partial charge in [-0.2, -0.15) is 0 Å². The molecule has 0 atom stereocenters. The minimum Gasteiger partial charge on any atom is -0.465 e. The first kappa shape index (κ1) is 20.4. The molecule has 0 aliphatic carbocycles. The minimum absolute atomic E-state index is 0.167. The van der Waals surface area contributed by atoms with Gasteiger partial charge in [-0.05, 0) is 18.9 Å². The van der Waals surface area contributed by atoms with E-state index < -0.39 is 15.8 Å². The number of hydrogen-bond acceptors (Lipinski definition) is 6. The highest BCUT2D eigenvalue weighted by Crippen LogP contribution is 2.21. The maximum atomic E-state index is 12.6. The van der Waals surface area contributed by atoms with Gasteiger partial charge in [-0.15, -0.1) is 0 Å². The van der Waals surface area contributed by atoms with Crippen molar-refractivity contribution in [3.05, 3.63) is 22.5 Å². The molecule has 26 heavy (non-hydrogen) atoms. The molecule has 2 heterocycles. The zero-order valence-electron chi connectivity index (χ0n) is 15.6. The van der Waals surface area contributed by atoms with Crippen LogP contribution < -0.4 is 5.32 Å². The minimum atomic E-state index is -2.90. The van der Waals surface area contributed by atoms with E-state index in [1.165, 1.54) is 7.11 Å². The SMILES string of the molecule is CCCc1c(C(=O)NCCN2CCS(=O)(=O)CC2)[nH]c(C)c1C(=O)OC. The van der Waals surface area contributed by atoms with Crippen LogP contribution in [0.5, 0.6) is 0 Å². The van der Waals surface area contributed by atoms with Crippen molar-refractivity contribution >= 4 is 21.7 Å². The highest BCUT2D eigenvalue weighted by molar-refractivity contribution is 7.91. The lowest BCUT2D eigenvalue weighted by molar-refractivity contribution is 0.0599. The van der Waals surface area contributed by atoms with E-state index in [1.807, 2.05) is 11.8 Å². The summed E-state index contributed by atoms with van der Waals surface area (Å²) in [6.07, 6.45) is 1.39. The number of aryl methyl sites for hydroxylation is 1. The summed E-state index contributed by atoms with van der Waals surface area (Å²) >= 11 is 0. The number of H-pyrrole nitrogens is 1. The molecule has 1 aromatic heterocycles. The molecule has 0 bridgehead atoms. The van der Waals surface area contributed by atoms with E-state index in [1.54, 1.807) is 6.92 Å². The Bertz CT molecular complexity index is 756. The van der Waals surface area contributed by atoms with Crippen molar-refractivity contribution in [1.29, 1.82) is 0 Å². The molecular weight excluding hydrogens is 358 g/mol. The van der Waals surface area contributed by atoms with E-state index in [4.69, 9.17) is 4.74 Å². The third kappa shape index (κ3) is 4.85. The van der Waals surface area contributed by atoms with Crippen LogP contribution in [0.4, 0.5) is 0 Å². The molecule has 1 aliphatic rings. The van der Waals surface area contributed by atoms with Gasteiger partial charge in [0.1, 0.15) is 5.69 Å². The second-order valence-electron chi connectivity index (χ2n) is 6.47. The maximum Gasteiger partial charge on any atom is 0.339 e. The normalized spacial score (nSPS) is 17.0. The monoisotopic (exact) mass is 385 g/mol. The van der Waals surface area contributed by atoms with Gasteiger partial charge in [-0.1, -0.05) is 13.3 Å². The van der Waals surface area contributed by atoms with Crippen molar-refractivity contribution in [2.45, 2.75) is 26.7 Å². The Kier molecular flexibility index (Phi) is 6.82. The molecule has 1 amide bonds. The predicted molar refractivity (Wildman–Crippen MR) is 98.3 cm³/mol. The van der Waals surface area contributed by atoms with Crippen molar-refractivity contribution in [3.63, 3.8) is 0 Å². The third-order valence-electron chi connectivity index (χ3n) is 4.56. The van der Waals surface area contributed by atoms with Crippen LogP contribution in [0.15, 0.2) is 0 Å². The standard InChI is InChI=1S/C17H27N3O5S/c1-4-5-13-14(17(22)25-3)12(2)19-15(13)16(21)18-6-7-20-8-10-26(23,24)11-9-20/h19H,4-11H2,1-3H3,(H,18,21). The molecule has 1 aromatic rings. The van der Waals surface area contributed by atoms with E-state index in [0.29, 0.717) is 55.1 Å². The Balaban J connectivity index is 2.00. The number of methoxy groups -OCH3 is 1. The van der Waals surface area contributed by atoms with Crippen LogP contribution in [0.2, 0.25) is 0 Å². The number of aromatic nitrogens is 1. The van der Waals surface area contributed by atoms with Crippen LogP contribution in [-0.2, 0) is 21.0 Å². The van der Waals surface area contributed by atoms with Crippen molar-refractivity contribution in [2.24, 2.45) is 0 Å². The average molecular weight is 385 g/mol. The lowest BCUT2D eigenvalue weighted by Gasteiger charge is -2.26. The van der Waals surface area contributed by atoms with Crippen LogP contribution in [0.3, 0.4) is 0 Å². The third-order valence-corrected chi connectivity index (χ3v) is 6.17. The van der Waals surface area contributed by atoms with Crippen molar-refractivity contribution in [1.82, 2.24) is 15.2 Å². The van der Waals surface area contributed by atoms with E-state index in [-0.39, 0.29) is 17.4 Å². The van der Waals surface area contributed by atoms with Gasteiger partial charge >= 0.3 is 5.97 Å². The van der Waals surface area contributed by atoms with Crippen LogP contribution in [0.25, 0.3) is 0 Å². The van der Waals surface area contributed by atoms with Gasteiger partial charge in [0.15, 0.2) is 9.84 Å². The largest absolute Gasteiger partial charge is 0.465 e. The fraction of sp³-hybridized carbons (Fsp3) is 0.647. The number of nitrogens with one attached hydrogen (secondary N) is 2. The second-order valence-corrected chi connectivity index (χ2v) is 8.77. The number of esters is 1. The van der Waals surface area contributed by atoms with Gasteiger partial charge in [-0.3, -0.25) is 9.69 Å². The first-order valence-electron chi connectivity index (χ1n) is 8.79. The Morgan fingerprint density at radius 2 is 1.92 bits per heavy atom. The topological polar surface area (TPSA) is 109 Å².